The van der Waals surface area contributed by atoms with Gasteiger partial charge in [0.15, 0.2) is 0 Å². The number of nitrogens with zero attached hydrogens (tertiary/aromatic N) is 2. The van der Waals surface area contributed by atoms with Crippen LogP contribution in [0.15, 0.2) is 12.3 Å². The Bertz CT molecular complexity index is 344. The van der Waals surface area contributed by atoms with Gasteiger partial charge in [-0.2, -0.15) is 0 Å². The van der Waals surface area contributed by atoms with E-state index in [0.29, 0.717) is 17.3 Å². The lowest BCUT2D eigenvalue weighted by Crippen LogP contribution is -2.25. The molecule has 1 aromatic heterocycles. The summed E-state index contributed by atoms with van der Waals surface area (Å²) in [6.45, 7) is 4.94. The number of anilines is 1. The Morgan fingerprint density at radius 3 is 2.81 bits per heavy atom. The van der Waals surface area contributed by atoms with Crippen molar-refractivity contribution in [3.05, 3.63) is 23.6 Å². The number of halogens is 1. The Kier molecular flexibility index (Phi) is 4.68. The summed E-state index contributed by atoms with van der Waals surface area (Å²) < 4.78 is 12.9. The van der Waals surface area contributed by atoms with Crippen LogP contribution in [0.4, 0.5) is 10.2 Å². The maximum atomic E-state index is 12.9. The van der Waals surface area contributed by atoms with Crippen molar-refractivity contribution >= 4 is 5.82 Å². The van der Waals surface area contributed by atoms with Crippen LogP contribution in [0.5, 0.6) is 0 Å². The van der Waals surface area contributed by atoms with Gasteiger partial charge in [0.2, 0.25) is 0 Å². The number of aliphatic hydroxyl groups is 1. The molecule has 1 N–H and O–H groups in total. The van der Waals surface area contributed by atoms with Crippen LogP contribution in [0.3, 0.4) is 0 Å². The van der Waals surface area contributed by atoms with Gasteiger partial charge in [0.1, 0.15) is 11.6 Å². The first-order valence-corrected chi connectivity index (χ1v) is 5.54. The maximum absolute atomic E-state index is 12.9. The van der Waals surface area contributed by atoms with Crippen molar-refractivity contribution in [1.29, 1.82) is 0 Å². The highest BCUT2D eigenvalue weighted by atomic mass is 19.1. The summed E-state index contributed by atoms with van der Waals surface area (Å²) in [6, 6.07) is 1.33. The molecule has 90 valence electrons. The van der Waals surface area contributed by atoms with Gasteiger partial charge in [-0.15, -0.1) is 0 Å². The fraction of sp³-hybridized carbons (Fsp3) is 0.583. The monoisotopic (exact) mass is 226 g/mol. The summed E-state index contributed by atoms with van der Waals surface area (Å²) in [5, 5.41) is 9.15. The Balaban J connectivity index is 2.85. The summed E-state index contributed by atoms with van der Waals surface area (Å²) >= 11 is 0. The van der Waals surface area contributed by atoms with Crippen LogP contribution in [0.2, 0.25) is 0 Å². The van der Waals surface area contributed by atoms with E-state index in [-0.39, 0.29) is 6.61 Å². The second-order valence-electron chi connectivity index (χ2n) is 4.19. The van der Waals surface area contributed by atoms with E-state index in [1.807, 2.05) is 11.9 Å². The van der Waals surface area contributed by atoms with Crippen molar-refractivity contribution < 1.29 is 9.50 Å². The molecule has 0 aliphatic heterocycles. The van der Waals surface area contributed by atoms with E-state index in [4.69, 9.17) is 5.11 Å². The van der Waals surface area contributed by atoms with Crippen LogP contribution >= 0.6 is 0 Å². The predicted octanol–water partition coefficient (Wildman–Crippen LogP) is 2.20. The highest BCUT2D eigenvalue weighted by Gasteiger charge is 2.11. The Labute approximate surface area is 95.9 Å². The molecular weight excluding hydrogens is 207 g/mol. The Hall–Kier alpha value is -1.16. The lowest BCUT2D eigenvalue weighted by Gasteiger charge is -2.23. The third kappa shape index (κ3) is 3.17. The fourth-order valence-electron chi connectivity index (χ4n) is 1.62. The van der Waals surface area contributed by atoms with Gasteiger partial charge in [-0.3, -0.25) is 0 Å². The highest BCUT2D eigenvalue weighted by molar-refractivity contribution is 5.45. The standard InChI is InChI=1S/C12H19FN2O/c1-4-9(2)7-15(3)12-10(8-16)5-11(13)6-14-12/h5-6,9,16H,4,7-8H2,1-3H3. The molecule has 0 saturated carbocycles. The van der Waals surface area contributed by atoms with Gasteiger partial charge in [0.25, 0.3) is 0 Å². The molecule has 0 aromatic carbocycles. The van der Waals surface area contributed by atoms with Crippen LogP contribution in [-0.2, 0) is 6.61 Å². The van der Waals surface area contributed by atoms with Crippen molar-refractivity contribution in [3.63, 3.8) is 0 Å². The van der Waals surface area contributed by atoms with Gasteiger partial charge in [0, 0.05) is 19.2 Å². The molecule has 1 atom stereocenters. The highest BCUT2D eigenvalue weighted by Crippen LogP contribution is 2.18. The number of pyridine rings is 1. The molecule has 1 unspecified atom stereocenters. The lowest BCUT2D eigenvalue weighted by atomic mass is 10.1. The van der Waals surface area contributed by atoms with Crippen LogP contribution in [-0.4, -0.2) is 23.7 Å². The predicted molar refractivity (Wildman–Crippen MR) is 62.8 cm³/mol. The number of hydrogen-bond acceptors (Lipinski definition) is 3. The summed E-state index contributed by atoms with van der Waals surface area (Å²) in [4.78, 5) is 5.98. The molecule has 1 heterocycles. The zero-order valence-corrected chi connectivity index (χ0v) is 10.1. The molecular formula is C12H19FN2O. The van der Waals surface area contributed by atoms with Gasteiger partial charge >= 0.3 is 0 Å². The second kappa shape index (κ2) is 5.80. The number of aromatic nitrogens is 1. The number of rotatable bonds is 5. The van der Waals surface area contributed by atoms with Gasteiger partial charge in [-0.25, -0.2) is 9.37 Å². The number of hydrogen-bond donors (Lipinski definition) is 1. The lowest BCUT2D eigenvalue weighted by molar-refractivity contribution is 0.281. The minimum Gasteiger partial charge on any atom is -0.392 e. The summed E-state index contributed by atoms with van der Waals surface area (Å²) in [5.41, 5.74) is 0.533. The van der Waals surface area contributed by atoms with E-state index in [2.05, 4.69) is 18.8 Å². The van der Waals surface area contributed by atoms with Crippen molar-refractivity contribution in [3.8, 4) is 0 Å². The third-order valence-electron chi connectivity index (χ3n) is 2.72. The molecule has 0 saturated heterocycles. The normalized spacial score (nSPS) is 12.6. The average molecular weight is 226 g/mol. The minimum atomic E-state index is -0.412. The van der Waals surface area contributed by atoms with Gasteiger partial charge < -0.3 is 10.0 Å². The molecule has 0 aliphatic carbocycles. The van der Waals surface area contributed by atoms with E-state index < -0.39 is 5.82 Å². The maximum Gasteiger partial charge on any atom is 0.142 e. The van der Waals surface area contributed by atoms with Crippen LogP contribution in [0, 0.1) is 11.7 Å². The first-order chi connectivity index (χ1) is 7.58. The topological polar surface area (TPSA) is 36.4 Å². The summed E-state index contributed by atoms with van der Waals surface area (Å²) in [5.74, 6) is 0.789. The zero-order valence-electron chi connectivity index (χ0n) is 10.1. The first kappa shape index (κ1) is 12.9. The fourth-order valence-corrected chi connectivity index (χ4v) is 1.62. The van der Waals surface area contributed by atoms with E-state index in [9.17, 15) is 4.39 Å². The third-order valence-corrected chi connectivity index (χ3v) is 2.72. The van der Waals surface area contributed by atoms with Crippen molar-refractivity contribution in [2.24, 2.45) is 5.92 Å². The Morgan fingerprint density at radius 2 is 2.25 bits per heavy atom. The van der Waals surface area contributed by atoms with Crippen LogP contribution < -0.4 is 4.90 Å². The minimum absolute atomic E-state index is 0.190. The molecule has 0 amide bonds. The van der Waals surface area contributed by atoms with Crippen LogP contribution in [0.1, 0.15) is 25.8 Å². The average Bonchev–Trinajstić information content (AvgIpc) is 2.28. The molecule has 1 rings (SSSR count). The molecule has 0 fully saturated rings. The summed E-state index contributed by atoms with van der Waals surface area (Å²) in [7, 11) is 1.91. The van der Waals surface area contributed by atoms with Crippen molar-refractivity contribution in [1.82, 2.24) is 4.98 Å². The SMILES string of the molecule is CCC(C)CN(C)c1ncc(F)cc1CO. The summed E-state index contributed by atoms with van der Waals surface area (Å²) in [6.07, 6.45) is 2.27. The van der Waals surface area contributed by atoms with Crippen molar-refractivity contribution in [2.75, 3.05) is 18.5 Å². The molecule has 16 heavy (non-hydrogen) atoms. The molecule has 0 radical (unpaired) electrons. The van der Waals surface area contributed by atoms with E-state index in [1.54, 1.807) is 0 Å². The molecule has 4 heteroatoms. The Morgan fingerprint density at radius 1 is 1.56 bits per heavy atom. The van der Waals surface area contributed by atoms with Crippen molar-refractivity contribution in [2.45, 2.75) is 26.9 Å². The van der Waals surface area contributed by atoms with Gasteiger partial charge in [-0.1, -0.05) is 20.3 Å². The second-order valence-corrected chi connectivity index (χ2v) is 4.19. The molecule has 0 bridgehead atoms. The van der Waals surface area contributed by atoms with Gasteiger partial charge in [0.05, 0.1) is 12.8 Å². The largest absolute Gasteiger partial charge is 0.392 e. The van der Waals surface area contributed by atoms with Crippen LogP contribution in [0.25, 0.3) is 0 Å². The first-order valence-electron chi connectivity index (χ1n) is 5.54. The molecule has 0 aliphatic rings. The van der Waals surface area contributed by atoms with E-state index in [0.717, 1.165) is 13.0 Å². The van der Waals surface area contributed by atoms with Gasteiger partial charge in [-0.05, 0) is 12.0 Å². The van der Waals surface area contributed by atoms with E-state index in [1.165, 1.54) is 12.3 Å². The number of aliphatic hydroxyl groups excluding tert-OH is 1. The molecule has 0 spiro atoms. The smallest absolute Gasteiger partial charge is 0.142 e. The molecule has 1 aromatic rings. The zero-order chi connectivity index (χ0) is 12.1. The quantitative estimate of drug-likeness (QED) is 0.836. The molecule has 3 nitrogen and oxygen atoms in total. The van der Waals surface area contributed by atoms with E-state index >= 15 is 0 Å².